The highest BCUT2D eigenvalue weighted by Crippen LogP contribution is 2.34. The topological polar surface area (TPSA) is 64.7 Å². The van der Waals surface area contributed by atoms with E-state index in [4.69, 9.17) is 10.5 Å². The summed E-state index contributed by atoms with van der Waals surface area (Å²) in [6.07, 6.45) is 3.56. The Bertz CT molecular complexity index is 980. The zero-order valence-electron chi connectivity index (χ0n) is 14.1. The molecule has 3 rings (SSSR count). The van der Waals surface area contributed by atoms with Crippen molar-refractivity contribution >= 4 is 17.4 Å². The molecule has 0 aliphatic heterocycles. The summed E-state index contributed by atoms with van der Waals surface area (Å²) in [4.78, 5) is 12.4. The molecule has 0 N–H and O–H groups in total. The van der Waals surface area contributed by atoms with Crippen LogP contribution in [0.25, 0.3) is 11.6 Å². The second-order valence-corrected chi connectivity index (χ2v) is 6.19. The molecule has 1 atom stereocenters. The van der Waals surface area contributed by atoms with Gasteiger partial charge in [0.25, 0.3) is 0 Å². The maximum atomic E-state index is 12.4. The lowest BCUT2D eigenvalue weighted by Gasteiger charge is -2.22. The number of hydrogen-bond donors (Lipinski definition) is 0. The van der Waals surface area contributed by atoms with Crippen LogP contribution >= 0.6 is 0 Å². The fourth-order valence-electron chi connectivity index (χ4n) is 3.02. The molecule has 1 aliphatic carbocycles. The molecule has 0 radical (unpaired) electrons. The Hall–Kier alpha value is -3.43. The zero-order chi connectivity index (χ0) is 18.0. The number of aryl methyl sites for hydroxylation is 1. The lowest BCUT2D eigenvalue weighted by atomic mass is 9.81. The summed E-state index contributed by atoms with van der Waals surface area (Å²) < 4.78 is 0. The van der Waals surface area contributed by atoms with Gasteiger partial charge in [-0.15, -0.1) is 0 Å². The minimum atomic E-state index is -0.159. The van der Waals surface area contributed by atoms with Gasteiger partial charge in [0.2, 0.25) is 0 Å². The number of ketones is 1. The molecule has 120 valence electrons. The average Bonchev–Trinajstić information content (AvgIpc) is 2.63. The molecule has 25 heavy (non-hydrogen) atoms. The van der Waals surface area contributed by atoms with E-state index in [0.29, 0.717) is 0 Å². The van der Waals surface area contributed by atoms with E-state index in [9.17, 15) is 4.79 Å². The lowest BCUT2D eigenvalue weighted by Crippen LogP contribution is -2.17. The standard InChI is InChI=1S/C22H16N2O/c1-14-3-8-19-21(9-14)20(10-15(2)22(19)25)18-6-4-16(5-7-18)11-17(12-23)13-24/h3-11,15H,1-2H3. The summed E-state index contributed by atoms with van der Waals surface area (Å²) >= 11 is 0. The highest BCUT2D eigenvalue weighted by molar-refractivity contribution is 6.08. The largest absolute Gasteiger partial charge is 0.294 e. The monoisotopic (exact) mass is 324 g/mol. The molecule has 1 aliphatic rings. The summed E-state index contributed by atoms with van der Waals surface area (Å²) in [6, 6.07) is 17.3. The summed E-state index contributed by atoms with van der Waals surface area (Å²) in [5.74, 6) is -0.0143. The second kappa shape index (κ2) is 6.59. The molecular weight excluding hydrogens is 308 g/mol. The smallest absolute Gasteiger partial charge is 0.170 e. The van der Waals surface area contributed by atoms with E-state index in [0.717, 1.165) is 33.4 Å². The lowest BCUT2D eigenvalue weighted by molar-refractivity contribution is 0.0951. The Kier molecular flexibility index (Phi) is 4.33. The van der Waals surface area contributed by atoms with Gasteiger partial charge in [-0.2, -0.15) is 10.5 Å². The van der Waals surface area contributed by atoms with E-state index < -0.39 is 0 Å². The van der Waals surface area contributed by atoms with Crippen LogP contribution in [0.5, 0.6) is 0 Å². The minimum Gasteiger partial charge on any atom is -0.294 e. The van der Waals surface area contributed by atoms with E-state index in [1.165, 1.54) is 0 Å². The number of benzene rings is 2. The highest BCUT2D eigenvalue weighted by Gasteiger charge is 2.25. The number of allylic oxidation sites excluding steroid dienone is 2. The Morgan fingerprint density at radius 2 is 1.72 bits per heavy atom. The normalized spacial score (nSPS) is 15.4. The van der Waals surface area contributed by atoms with Crippen LogP contribution in [0.3, 0.4) is 0 Å². The third kappa shape index (κ3) is 3.13. The number of carbonyl (C=O) groups excluding carboxylic acids is 1. The van der Waals surface area contributed by atoms with Crippen LogP contribution in [0.4, 0.5) is 0 Å². The minimum absolute atomic E-state index is 0.0739. The Morgan fingerprint density at radius 1 is 1.04 bits per heavy atom. The van der Waals surface area contributed by atoms with Crippen LogP contribution in [0.15, 0.2) is 54.1 Å². The highest BCUT2D eigenvalue weighted by atomic mass is 16.1. The Balaban J connectivity index is 2.06. The Labute approximate surface area is 147 Å². The molecule has 1 unspecified atom stereocenters. The van der Waals surface area contributed by atoms with Gasteiger partial charge in [0, 0.05) is 11.5 Å². The first-order valence-electron chi connectivity index (χ1n) is 8.03. The summed E-state index contributed by atoms with van der Waals surface area (Å²) in [5.41, 5.74) is 5.76. The molecule has 0 bridgehead atoms. The molecule has 3 nitrogen and oxygen atoms in total. The average molecular weight is 324 g/mol. The van der Waals surface area contributed by atoms with Crippen LogP contribution in [-0.4, -0.2) is 5.78 Å². The summed E-state index contributed by atoms with van der Waals surface area (Å²) in [7, 11) is 0. The number of rotatable bonds is 2. The van der Waals surface area contributed by atoms with Gasteiger partial charge in [-0.05, 0) is 35.3 Å². The van der Waals surface area contributed by atoms with Crippen LogP contribution in [0.1, 0.15) is 39.5 Å². The molecule has 0 spiro atoms. The van der Waals surface area contributed by atoms with Crippen LogP contribution < -0.4 is 0 Å². The first-order chi connectivity index (χ1) is 12.0. The molecular formula is C22H16N2O. The zero-order valence-corrected chi connectivity index (χ0v) is 14.1. The predicted molar refractivity (Wildman–Crippen MR) is 97.4 cm³/mol. The van der Waals surface area contributed by atoms with Crippen molar-refractivity contribution in [1.29, 1.82) is 10.5 Å². The molecule has 0 amide bonds. The van der Waals surface area contributed by atoms with Crippen molar-refractivity contribution in [2.24, 2.45) is 5.92 Å². The number of hydrogen-bond acceptors (Lipinski definition) is 3. The molecule has 0 heterocycles. The van der Waals surface area contributed by atoms with Gasteiger partial charge >= 0.3 is 0 Å². The van der Waals surface area contributed by atoms with Gasteiger partial charge < -0.3 is 0 Å². The van der Waals surface area contributed by atoms with Gasteiger partial charge in [0.15, 0.2) is 5.78 Å². The Morgan fingerprint density at radius 3 is 2.36 bits per heavy atom. The molecule has 0 saturated carbocycles. The SMILES string of the molecule is Cc1ccc2c(c1)C(c1ccc(C=C(C#N)C#N)cc1)=CC(C)C2=O. The predicted octanol–water partition coefficient (Wildman–Crippen LogP) is 4.69. The van der Waals surface area contributed by atoms with Gasteiger partial charge in [-0.25, -0.2) is 0 Å². The van der Waals surface area contributed by atoms with E-state index >= 15 is 0 Å². The van der Waals surface area contributed by atoms with E-state index in [1.807, 2.05) is 74.5 Å². The number of fused-ring (bicyclic) bond motifs is 1. The molecule has 0 fully saturated rings. The van der Waals surface area contributed by atoms with E-state index in [-0.39, 0.29) is 17.3 Å². The number of Topliss-reactive ketones (excluding diaryl/α,β-unsaturated/α-hetero) is 1. The molecule has 0 saturated heterocycles. The quantitative estimate of drug-likeness (QED) is 0.753. The van der Waals surface area contributed by atoms with Crippen molar-refractivity contribution < 1.29 is 4.79 Å². The van der Waals surface area contributed by atoms with Crippen LogP contribution in [-0.2, 0) is 0 Å². The maximum absolute atomic E-state index is 12.4. The second-order valence-electron chi connectivity index (χ2n) is 6.19. The number of nitriles is 2. The number of carbonyl (C=O) groups is 1. The van der Waals surface area contributed by atoms with E-state index in [2.05, 4.69) is 0 Å². The van der Waals surface area contributed by atoms with Crippen molar-refractivity contribution in [3.8, 4) is 12.1 Å². The third-order valence-electron chi connectivity index (χ3n) is 4.33. The third-order valence-corrected chi connectivity index (χ3v) is 4.33. The first-order valence-corrected chi connectivity index (χ1v) is 8.03. The fraction of sp³-hybridized carbons (Fsp3) is 0.136. The van der Waals surface area contributed by atoms with E-state index in [1.54, 1.807) is 6.08 Å². The first kappa shape index (κ1) is 16.4. The summed E-state index contributed by atoms with van der Waals surface area (Å²) in [6.45, 7) is 3.92. The van der Waals surface area contributed by atoms with Crippen molar-refractivity contribution in [1.82, 2.24) is 0 Å². The molecule has 2 aromatic rings. The molecule has 0 aromatic heterocycles. The van der Waals surface area contributed by atoms with Crippen molar-refractivity contribution in [2.75, 3.05) is 0 Å². The van der Waals surface area contributed by atoms with Crippen molar-refractivity contribution in [3.05, 3.63) is 81.9 Å². The van der Waals surface area contributed by atoms with Gasteiger partial charge in [0.1, 0.15) is 17.7 Å². The molecule has 2 aromatic carbocycles. The van der Waals surface area contributed by atoms with Crippen LogP contribution in [0, 0.1) is 35.5 Å². The number of nitrogens with zero attached hydrogens (tertiary/aromatic N) is 2. The fourth-order valence-corrected chi connectivity index (χ4v) is 3.02. The maximum Gasteiger partial charge on any atom is 0.170 e. The van der Waals surface area contributed by atoms with Crippen molar-refractivity contribution in [3.63, 3.8) is 0 Å². The van der Waals surface area contributed by atoms with Crippen LogP contribution in [0.2, 0.25) is 0 Å². The van der Waals surface area contributed by atoms with Gasteiger partial charge in [-0.3, -0.25) is 4.79 Å². The van der Waals surface area contributed by atoms with Gasteiger partial charge in [0.05, 0.1) is 0 Å². The summed E-state index contributed by atoms with van der Waals surface area (Å²) in [5, 5.41) is 17.7. The van der Waals surface area contributed by atoms with Crippen molar-refractivity contribution in [2.45, 2.75) is 13.8 Å². The molecule has 3 heteroatoms. The van der Waals surface area contributed by atoms with Gasteiger partial charge in [-0.1, -0.05) is 61.0 Å².